The molecule has 4 heteroatoms. The van der Waals surface area contributed by atoms with Crippen molar-refractivity contribution in [3.8, 4) is 5.88 Å². The van der Waals surface area contributed by atoms with Crippen LogP contribution in [0.4, 0.5) is 0 Å². The molecule has 11 heavy (non-hydrogen) atoms. The molecule has 1 rings (SSSR count). The van der Waals surface area contributed by atoms with Gasteiger partial charge in [0, 0.05) is 6.92 Å². The number of hydrogen-bond acceptors (Lipinski definition) is 3. The minimum Gasteiger partial charge on any atom is -0.408 e. The van der Waals surface area contributed by atoms with Gasteiger partial charge in [-0.3, -0.25) is 4.79 Å². The first kappa shape index (κ1) is 7.78. The molecule has 0 aliphatic carbocycles. The Balaban J connectivity index is 2.85. The Kier molecular flexibility index (Phi) is 1.94. The van der Waals surface area contributed by atoms with Crippen molar-refractivity contribution in [3.05, 3.63) is 11.5 Å². The van der Waals surface area contributed by atoms with Crippen molar-refractivity contribution in [2.45, 2.75) is 20.8 Å². The number of nitrogens with one attached hydrogen (secondary N) is 1. The SMILES string of the molecule is CC(=O)Oc1[nH]c(C)nc1C. The molecule has 0 radical (unpaired) electrons. The Bertz CT molecular complexity index is 278. The van der Waals surface area contributed by atoms with E-state index in [1.165, 1.54) is 6.92 Å². The van der Waals surface area contributed by atoms with Crippen LogP contribution >= 0.6 is 0 Å². The Labute approximate surface area is 64.6 Å². The van der Waals surface area contributed by atoms with Gasteiger partial charge in [-0.2, -0.15) is 0 Å². The highest BCUT2D eigenvalue weighted by Crippen LogP contribution is 2.12. The summed E-state index contributed by atoms with van der Waals surface area (Å²) >= 11 is 0. The normalized spacial score (nSPS) is 9.73. The van der Waals surface area contributed by atoms with E-state index in [9.17, 15) is 4.79 Å². The topological polar surface area (TPSA) is 55.0 Å². The summed E-state index contributed by atoms with van der Waals surface area (Å²) in [6, 6.07) is 0. The Hall–Kier alpha value is -1.32. The first-order valence-electron chi connectivity index (χ1n) is 3.31. The maximum atomic E-state index is 10.5. The molecule has 4 nitrogen and oxygen atoms in total. The van der Waals surface area contributed by atoms with Crippen molar-refractivity contribution in [3.63, 3.8) is 0 Å². The highest BCUT2D eigenvalue weighted by molar-refractivity contribution is 5.68. The summed E-state index contributed by atoms with van der Waals surface area (Å²) < 4.78 is 4.81. The van der Waals surface area contributed by atoms with E-state index in [1.54, 1.807) is 13.8 Å². The van der Waals surface area contributed by atoms with E-state index in [0.29, 0.717) is 11.6 Å². The van der Waals surface area contributed by atoms with Gasteiger partial charge in [-0.25, -0.2) is 4.98 Å². The van der Waals surface area contributed by atoms with Crippen molar-refractivity contribution < 1.29 is 9.53 Å². The number of aryl methyl sites for hydroxylation is 2. The molecule has 1 N–H and O–H groups in total. The number of aromatic amines is 1. The number of imidazole rings is 1. The molecule has 0 spiro atoms. The maximum Gasteiger partial charge on any atom is 0.309 e. The van der Waals surface area contributed by atoms with Crippen LogP contribution in [-0.4, -0.2) is 15.9 Å². The standard InChI is InChI=1S/C7H10N2O2/c1-4-7(11-6(3)10)9-5(2)8-4/h1-3H3,(H,8,9). The van der Waals surface area contributed by atoms with Gasteiger partial charge < -0.3 is 9.72 Å². The smallest absolute Gasteiger partial charge is 0.309 e. The van der Waals surface area contributed by atoms with Crippen molar-refractivity contribution in [2.75, 3.05) is 0 Å². The van der Waals surface area contributed by atoms with Gasteiger partial charge in [-0.1, -0.05) is 0 Å². The molecule has 0 atom stereocenters. The van der Waals surface area contributed by atoms with E-state index < -0.39 is 0 Å². The molecule has 0 fully saturated rings. The van der Waals surface area contributed by atoms with E-state index in [0.717, 1.165) is 5.82 Å². The fraction of sp³-hybridized carbons (Fsp3) is 0.429. The summed E-state index contributed by atoms with van der Waals surface area (Å²) in [4.78, 5) is 17.4. The maximum absolute atomic E-state index is 10.5. The minimum absolute atomic E-state index is 0.336. The first-order chi connectivity index (χ1) is 5.09. The number of rotatable bonds is 1. The van der Waals surface area contributed by atoms with Crippen molar-refractivity contribution in [2.24, 2.45) is 0 Å². The molecular formula is C7H10N2O2. The summed E-state index contributed by atoms with van der Waals surface area (Å²) in [5.74, 6) is 0.852. The van der Waals surface area contributed by atoms with Crippen LogP contribution in [-0.2, 0) is 4.79 Å². The van der Waals surface area contributed by atoms with E-state index in [1.807, 2.05) is 0 Å². The average Bonchev–Trinajstić information content (AvgIpc) is 2.09. The highest BCUT2D eigenvalue weighted by Gasteiger charge is 2.05. The quantitative estimate of drug-likeness (QED) is 0.613. The number of carbonyl (C=O) groups is 1. The van der Waals surface area contributed by atoms with Crippen LogP contribution < -0.4 is 4.74 Å². The fourth-order valence-electron chi connectivity index (χ4n) is 0.828. The molecule has 0 saturated heterocycles. The lowest BCUT2D eigenvalue weighted by Crippen LogP contribution is -2.02. The summed E-state index contributed by atoms with van der Waals surface area (Å²) in [6.45, 7) is 4.94. The van der Waals surface area contributed by atoms with Crippen molar-refractivity contribution in [1.82, 2.24) is 9.97 Å². The molecule has 0 unspecified atom stereocenters. The van der Waals surface area contributed by atoms with E-state index in [-0.39, 0.29) is 5.97 Å². The lowest BCUT2D eigenvalue weighted by molar-refractivity contribution is -0.132. The summed E-state index contributed by atoms with van der Waals surface area (Å²) in [5.41, 5.74) is 0.706. The highest BCUT2D eigenvalue weighted by atomic mass is 16.5. The first-order valence-corrected chi connectivity index (χ1v) is 3.31. The molecule has 60 valence electrons. The lowest BCUT2D eigenvalue weighted by Gasteiger charge is -1.95. The molecule has 0 bridgehead atoms. The summed E-state index contributed by atoms with van der Waals surface area (Å²) in [5, 5.41) is 0. The Morgan fingerprint density at radius 3 is 2.55 bits per heavy atom. The minimum atomic E-state index is -0.336. The second kappa shape index (κ2) is 2.74. The van der Waals surface area contributed by atoms with Gasteiger partial charge in [0.2, 0.25) is 5.88 Å². The Morgan fingerprint density at radius 2 is 2.18 bits per heavy atom. The number of aromatic nitrogens is 2. The molecular weight excluding hydrogens is 144 g/mol. The van der Waals surface area contributed by atoms with Gasteiger partial charge in [0.1, 0.15) is 5.82 Å². The zero-order valence-corrected chi connectivity index (χ0v) is 6.76. The van der Waals surface area contributed by atoms with Crippen LogP contribution in [0.5, 0.6) is 5.88 Å². The van der Waals surface area contributed by atoms with Crippen LogP contribution in [0.15, 0.2) is 0 Å². The third-order valence-electron chi connectivity index (χ3n) is 1.20. The average molecular weight is 154 g/mol. The van der Waals surface area contributed by atoms with Crippen molar-refractivity contribution in [1.29, 1.82) is 0 Å². The van der Waals surface area contributed by atoms with Gasteiger partial charge >= 0.3 is 5.97 Å². The number of ether oxygens (including phenoxy) is 1. The van der Waals surface area contributed by atoms with Gasteiger partial charge in [-0.05, 0) is 13.8 Å². The van der Waals surface area contributed by atoms with Crippen LogP contribution in [0, 0.1) is 13.8 Å². The molecule has 1 aromatic rings. The molecule has 0 aromatic carbocycles. The second-order valence-electron chi connectivity index (χ2n) is 2.33. The number of esters is 1. The van der Waals surface area contributed by atoms with E-state index in [2.05, 4.69) is 9.97 Å². The van der Waals surface area contributed by atoms with E-state index in [4.69, 9.17) is 4.74 Å². The summed E-state index contributed by atoms with van der Waals surface area (Å²) in [6.07, 6.45) is 0. The summed E-state index contributed by atoms with van der Waals surface area (Å²) in [7, 11) is 0. The van der Waals surface area contributed by atoms with Crippen LogP contribution in [0.3, 0.4) is 0 Å². The van der Waals surface area contributed by atoms with Crippen molar-refractivity contribution >= 4 is 5.97 Å². The molecule has 1 aromatic heterocycles. The van der Waals surface area contributed by atoms with Gasteiger partial charge in [0.15, 0.2) is 0 Å². The number of H-pyrrole nitrogens is 1. The second-order valence-corrected chi connectivity index (χ2v) is 2.33. The fourth-order valence-corrected chi connectivity index (χ4v) is 0.828. The number of nitrogens with zero attached hydrogens (tertiary/aromatic N) is 1. The number of hydrogen-bond donors (Lipinski definition) is 1. The van der Waals surface area contributed by atoms with Gasteiger partial charge in [0.25, 0.3) is 0 Å². The largest absolute Gasteiger partial charge is 0.408 e. The molecule has 1 heterocycles. The molecule has 0 aliphatic rings. The molecule has 0 saturated carbocycles. The van der Waals surface area contributed by atoms with Crippen LogP contribution in [0.2, 0.25) is 0 Å². The zero-order valence-electron chi connectivity index (χ0n) is 6.76. The molecule has 0 aliphatic heterocycles. The van der Waals surface area contributed by atoms with Crippen LogP contribution in [0.1, 0.15) is 18.4 Å². The predicted molar refractivity (Wildman–Crippen MR) is 39.4 cm³/mol. The van der Waals surface area contributed by atoms with Crippen LogP contribution in [0.25, 0.3) is 0 Å². The monoisotopic (exact) mass is 154 g/mol. The third kappa shape index (κ3) is 1.80. The van der Waals surface area contributed by atoms with Gasteiger partial charge in [-0.15, -0.1) is 0 Å². The third-order valence-corrected chi connectivity index (χ3v) is 1.20. The number of carbonyl (C=O) groups excluding carboxylic acids is 1. The van der Waals surface area contributed by atoms with E-state index >= 15 is 0 Å². The Morgan fingerprint density at radius 1 is 1.55 bits per heavy atom. The zero-order chi connectivity index (χ0) is 8.43. The predicted octanol–water partition coefficient (Wildman–Crippen LogP) is 0.952. The molecule has 0 amide bonds. The lowest BCUT2D eigenvalue weighted by atomic mass is 10.5. The van der Waals surface area contributed by atoms with Gasteiger partial charge in [0.05, 0.1) is 5.69 Å².